The zero-order valence-electron chi connectivity index (χ0n) is 16.0. The number of aromatic nitrogens is 1. The number of hydrogen-bond acceptors (Lipinski definition) is 5. The molecule has 26 heavy (non-hydrogen) atoms. The fraction of sp³-hybridized carbons (Fsp3) is 0.381. The summed E-state index contributed by atoms with van der Waals surface area (Å²) in [5.74, 6) is 0.0161. The minimum atomic E-state index is -0.318. The van der Waals surface area contributed by atoms with Gasteiger partial charge in [0.1, 0.15) is 5.60 Å². The molecule has 0 aliphatic carbocycles. The first-order valence-electron chi connectivity index (χ1n) is 8.60. The number of anilines is 1. The highest BCUT2D eigenvalue weighted by Gasteiger charge is 2.31. The molecule has 0 bridgehead atoms. The van der Waals surface area contributed by atoms with Gasteiger partial charge < -0.3 is 10.1 Å². The summed E-state index contributed by atoms with van der Waals surface area (Å²) in [6, 6.07) is 11.2. The molecule has 1 aliphatic heterocycles. The van der Waals surface area contributed by atoms with Crippen molar-refractivity contribution >= 4 is 17.9 Å². The van der Waals surface area contributed by atoms with Crippen LogP contribution in [0.2, 0.25) is 0 Å². The molecule has 0 saturated heterocycles. The second-order valence-electron chi connectivity index (χ2n) is 7.88. The number of ketones is 1. The molecule has 2 aromatic rings. The summed E-state index contributed by atoms with van der Waals surface area (Å²) in [4.78, 5) is 26.4. The zero-order chi connectivity index (χ0) is 19.4. The third-order valence-corrected chi connectivity index (χ3v) is 3.95. The molecular formula is C21H26N2O3. The van der Waals surface area contributed by atoms with Crippen molar-refractivity contribution in [2.45, 2.75) is 45.6 Å². The quantitative estimate of drug-likeness (QED) is 0.667. The number of fused-ring (bicyclic) bond motifs is 1. The van der Waals surface area contributed by atoms with E-state index in [0.717, 1.165) is 17.9 Å². The van der Waals surface area contributed by atoms with Gasteiger partial charge in [0.25, 0.3) is 6.47 Å². The topological polar surface area (TPSA) is 68.3 Å². The van der Waals surface area contributed by atoms with E-state index in [2.05, 4.69) is 28.9 Å². The molecule has 1 aliphatic rings. The van der Waals surface area contributed by atoms with Gasteiger partial charge in [0.2, 0.25) is 0 Å². The molecular weight excluding hydrogens is 328 g/mol. The van der Waals surface area contributed by atoms with Crippen LogP contribution >= 0.6 is 0 Å². The average molecular weight is 354 g/mol. The molecule has 5 heteroatoms. The Hall–Kier alpha value is -2.69. The van der Waals surface area contributed by atoms with Gasteiger partial charge in [-0.2, -0.15) is 0 Å². The van der Waals surface area contributed by atoms with E-state index in [1.165, 1.54) is 0 Å². The van der Waals surface area contributed by atoms with Gasteiger partial charge in [-0.3, -0.25) is 14.6 Å². The van der Waals surface area contributed by atoms with Crippen molar-refractivity contribution in [3.63, 3.8) is 0 Å². The second-order valence-corrected chi connectivity index (χ2v) is 7.88. The number of nitrogens with one attached hydrogen (secondary N) is 1. The first kappa shape index (κ1) is 19.6. The molecule has 0 atom stereocenters. The molecule has 3 rings (SSSR count). The van der Waals surface area contributed by atoms with Crippen molar-refractivity contribution in [1.29, 1.82) is 0 Å². The summed E-state index contributed by atoms with van der Waals surface area (Å²) in [5, 5.41) is 3.32. The van der Waals surface area contributed by atoms with E-state index in [1.807, 2.05) is 57.2 Å². The molecule has 0 unspecified atom stereocenters. The van der Waals surface area contributed by atoms with Gasteiger partial charge in [-0.15, -0.1) is 0 Å². The summed E-state index contributed by atoms with van der Waals surface area (Å²) < 4.78 is 4.55. The smallest absolute Gasteiger partial charge is 0.293 e. The van der Waals surface area contributed by atoms with Crippen LogP contribution in [0.3, 0.4) is 0 Å². The predicted molar refractivity (Wildman–Crippen MR) is 103 cm³/mol. The van der Waals surface area contributed by atoms with Crippen molar-refractivity contribution in [1.82, 2.24) is 4.98 Å². The molecule has 0 amide bonds. The molecule has 1 aromatic heterocycles. The second kappa shape index (κ2) is 7.68. The Kier molecular flexibility index (Phi) is 5.80. The van der Waals surface area contributed by atoms with Crippen molar-refractivity contribution in [2.75, 3.05) is 11.9 Å². The van der Waals surface area contributed by atoms with Gasteiger partial charge in [0, 0.05) is 29.3 Å². The van der Waals surface area contributed by atoms with Crippen molar-refractivity contribution in [2.24, 2.45) is 0 Å². The van der Waals surface area contributed by atoms with Crippen LogP contribution in [0.5, 0.6) is 0 Å². The van der Waals surface area contributed by atoms with Crippen LogP contribution in [0.1, 0.15) is 56.2 Å². The minimum absolute atomic E-state index is 0.0161. The predicted octanol–water partition coefficient (Wildman–Crippen LogP) is 3.97. The number of carbonyl (C=O) groups is 2. The van der Waals surface area contributed by atoms with Crippen LogP contribution in [0.15, 0.2) is 42.6 Å². The standard InChI is InChI=1S/C16H16N2O.C5H10O2/c1-16(2)10-18-13-8-12(9-17-15(13)16)14(19)11-6-4-3-5-7-11;1-5(2,3)7-4-6/h3-9,18H,10H2,1-2H3;4H,1-3H3. The maximum Gasteiger partial charge on any atom is 0.293 e. The highest BCUT2D eigenvalue weighted by atomic mass is 16.5. The molecule has 0 spiro atoms. The van der Waals surface area contributed by atoms with Crippen LogP contribution < -0.4 is 5.32 Å². The SMILES string of the molecule is CC(C)(C)OC=O.CC1(C)CNc2cc(C(=O)c3ccccc3)cnc21. The number of rotatable bonds is 3. The average Bonchev–Trinajstić information content (AvgIpc) is 2.89. The normalized spacial score (nSPS) is 14.3. The maximum atomic E-state index is 12.3. The number of carbonyl (C=O) groups excluding carboxylic acids is 2. The largest absolute Gasteiger partial charge is 0.462 e. The molecule has 5 nitrogen and oxygen atoms in total. The Morgan fingerprint density at radius 2 is 1.85 bits per heavy atom. The summed E-state index contributed by atoms with van der Waals surface area (Å²) in [6.07, 6.45) is 1.68. The molecule has 138 valence electrons. The Balaban J connectivity index is 0.000000298. The van der Waals surface area contributed by atoms with Gasteiger partial charge in [-0.1, -0.05) is 44.2 Å². The summed E-state index contributed by atoms with van der Waals surface area (Å²) in [5.41, 5.74) is 3.06. The fourth-order valence-corrected chi connectivity index (χ4v) is 2.56. The Morgan fingerprint density at radius 1 is 1.19 bits per heavy atom. The molecule has 1 N–H and O–H groups in total. The molecule has 0 radical (unpaired) electrons. The third kappa shape index (κ3) is 4.91. The highest BCUT2D eigenvalue weighted by Crippen LogP contribution is 2.34. The molecule has 1 aromatic carbocycles. The van der Waals surface area contributed by atoms with Gasteiger partial charge in [-0.25, -0.2) is 0 Å². The minimum Gasteiger partial charge on any atom is -0.462 e. The van der Waals surface area contributed by atoms with Crippen LogP contribution in [0.4, 0.5) is 5.69 Å². The lowest BCUT2D eigenvalue weighted by molar-refractivity contribution is -0.138. The molecule has 0 fully saturated rings. The summed E-state index contributed by atoms with van der Waals surface area (Å²) in [7, 11) is 0. The van der Waals surface area contributed by atoms with Crippen molar-refractivity contribution < 1.29 is 14.3 Å². The van der Waals surface area contributed by atoms with E-state index in [9.17, 15) is 9.59 Å². The Labute approximate surface area is 154 Å². The number of nitrogens with zero attached hydrogens (tertiary/aromatic N) is 1. The van der Waals surface area contributed by atoms with Crippen LogP contribution in [0, 0.1) is 0 Å². The maximum absolute atomic E-state index is 12.3. The van der Waals surface area contributed by atoms with E-state index in [0.29, 0.717) is 17.6 Å². The number of ether oxygens (including phenoxy) is 1. The van der Waals surface area contributed by atoms with Gasteiger partial charge in [0.15, 0.2) is 5.78 Å². The van der Waals surface area contributed by atoms with E-state index in [4.69, 9.17) is 0 Å². The first-order valence-corrected chi connectivity index (χ1v) is 8.60. The van der Waals surface area contributed by atoms with Crippen LogP contribution in [0.25, 0.3) is 0 Å². The highest BCUT2D eigenvalue weighted by molar-refractivity contribution is 6.09. The van der Waals surface area contributed by atoms with Gasteiger partial charge in [-0.05, 0) is 26.8 Å². The van der Waals surface area contributed by atoms with E-state index in [-0.39, 0.29) is 16.8 Å². The molecule has 2 heterocycles. The Bertz CT molecular complexity index is 778. The number of hydrogen-bond donors (Lipinski definition) is 1. The lowest BCUT2D eigenvalue weighted by Crippen LogP contribution is -2.20. The van der Waals surface area contributed by atoms with Crippen molar-refractivity contribution in [3.05, 3.63) is 59.4 Å². The fourth-order valence-electron chi connectivity index (χ4n) is 2.56. The van der Waals surface area contributed by atoms with Crippen LogP contribution in [-0.2, 0) is 14.9 Å². The van der Waals surface area contributed by atoms with Crippen LogP contribution in [-0.4, -0.2) is 29.4 Å². The van der Waals surface area contributed by atoms with Crippen molar-refractivity contribution in [3.8, 4) is 0 Å². The summed E-state index contributed by atoms with van der Waals surface area (Å²) >= 11 is 0. The van der Waals surface area contributed by atoms with E-state index >= 15 is 0 Å². The summed E-state index contributed by atoms with van der Waals surface area (Å²) in [6.45, 7) is 11.1. The first-order chi connectivity index (χ1) is 12.1. The van der Waals surface area contributed by atoms with Gasteiger partial charge in [0.05, 0.1) is 11.4 Å². The zero-order valence-corrected chi connectivity index (χ0v) is 16.0. The lowest BCUT2D eigenvalue weighted by Gasteiger charge is -2.15. The number of benzene rings is 1. The number of pyridine rings is 1. The monoisotopic (exact) mass is 354 g/mol. The lowest BCUT2D eigenvalue weighted by atomic mass is 9.91. The van der Waals surface area contributed by atoms with E-state index in [1.54, 1.807) is 6.20 Å². The van der Waals surface area contributed by atoms with E-state index < -0.39 is 0 Å². The molecule has 0 saturated carbocycles. The Morgan fingerprint density at radius 3 is 2.38 bits per heavy atom. The third-order valence-electron chi connectivity index (χ3n) is 3.95. The van der Waals surface area contributed by atoms with Gasteiger partial charge >= 0.3 is 0 Å².